The second kappa shape index (κ2) is 9.24. The minimum absolute atomic E-state index is 0.226. The third-order valence-corrected chi connectivity index (χ3v) is 5.80. The maximum absolute atomic E-state index is 13.2. The van der Waals surface area contributed by atoms with E-state index in [-0.39, 0.29) is 12.5 Å². The van der Waals surface area contributed by atoms with Crippen LogP contribution in [-0.2, 0) is 12.7 Å². The molecule has 1 aromatic carbocycles. The number of rotatable bonds is 7. The van der Waals surface area contributed by atoms with Gasteiger partial charge in [0.1, 0.15) is 11.5 Å². The molecule has 0 saturated carbocycles. The average Bonchev–Trinajstić information content (AvgIpc) is 3.49. The summed E-state index contributed by atoms with van der Waals surface area (Å²) in [6, 6.07) is 8.58. The second-order valence-electron chi connectivity index (χ2n) is 8.14. The Morgan fingerprint density at radius 3 is 2.47 bits per heavy atom. The van der Waals surface area contributed by atoms with Gasteiger partial charge in [-0.05, 0) is 68.2 Å². The molecule has 0 bridgehead atoms. The van der Waals surface area contributed by atoms with Gasteiger partial charge < -0.3 is 19.2 Å². The van der Waals surface area contributed by atoms with Crippen molar-refractivity contribution in [3.8, 4) is 11.3 Å². The van der Waals surface area contributed by atoms with Gasteiger partial charge >= 0.3 is 6.18 Å². The van der Waals surface area contributed by atoms with E-state index >= 15 is 0 Å². The van der Waals surface area contributed by atoms with Crippen LogP contribution in [-0.4, -0.2) is 41.6 Å². The Labute approximate surface area is 184 Å². The standard InChI is InChI=1S/C24H26F3N3O2/c1-17-15-30(16-18-6-8-19(9-7-18)24(25,26)27)22(21(17)20-5-4-14-32-20)23(31)28-10-13-29-11-2-3-12-29/h4-9,14-15H,2-3,10-13,16H2,1H3,(H,28,31). The lowest BCUT2D eigenvalue weighted by Gasteiger charge is -2.16. The highest BCUT2D eigenvalue weighted by molar-refractivity contribution is 6.00. The first-order valence-corrected chi connectivity index (χ1v) is 10.7. The number of amides is 1. The number of nitrogens with one attached hydrogen (secondary N) is 1. The van der Waals surface area contributed by atoms with E-state index in [1.807, 2.05) is 13.1 Å². The van der Waals surface area contributed by atoms with Crippen molar-refractivity contribution in [1.82, 2.24) is 14.8 Å². The number of hydrogen-bond donors (Lipinski definition) is 1. The molecule has 1 N–H and O–H groups in total. The van der Waals surface area contributed by atoms with Gasteiger partial charge in [0.15, 0.2) is 0 Å². The Hall–Kier alpha value is -3.00. The van der Waals surface area contributed by atoms with Gasteiger partial charge in [0.05, 0.1) is 17.4 Å². The molecule has 0 spiro atoms. The van der Waals surface area contributed by atoms with Crippen LogP contribution in [0.25, 0.3) is 11.3 Å². The van der Waals surface area contributed by atoms with E-state index < -0.39 is 11.7 Å². The Morgan fingerprint density at radius 2 is 1.84 bits per heavy atom. The van der Waals surface area contributed by atoms with Crippen molar-refractivity contribution >= 4 is 5.91 Å². The fraction of sp³-hybridized carbons (Fsp3) is 0.375. The summed E-state index contributed by atoms with van der Waals surface area (Å²) < 4.78 is 46.0. The molecule has 0 atom stereocenters. The quantitative estimate of drug-likeness (QED) is 0.560. The zero-order chi connectivity index (χ0) is 22.7. The summed E-state index contributed by atoms with van der Waals surface area (Å²) in [6.45, 7) is 5.59. The summed E-state index contributed by atoms with van der Waals surface area (Å²) in [5.74, 6) is 0.356. The predicted octanol–water partition coefficient (Wildman–Crippen LogP) is 4.95. The van der Waals surface area contributed by atoms with E-state index in [2.05, 4.69) is 10.2 Å². The monoisotopic (exact) mass is 445 g/mol. The van der Waals surface area contributed by atoms with Crippen molar-refractivity contribution in [2.45, 2.75) is 32.5 Å². The molecule has 3 aromatic rings. The van der Waals surface area contributed by atoms with Crippen LogP contribution in [0.3, 0.4) is 0 Å². The summed E-state index contributed by atoms with van der Waals surface area (Å²) in [4.78, 5) is 15.5. The summed E-state index contributed by atoms with van der Waals surface area (Å²) in [5.41, 5.74) is 1.97. The fourth-order valence-electron chi connectivity index (χ4n) is 4.21. The highest BCUT2D eigenvalue weighted by Gasteiger charge is 2.30. The van der Waals surface area contributed by atoms with Crippen LogP contribution in [0.15, 0.2) is 53.3 Å². The van der Waals surface area contributed by atoms with Crippen molar-refractivity contribution in [3.63, 3.8) is 0 Å². The van der Waals surface area contributed by atoms with Gasteiger partial charge in [-0.3, -0.25) is 4.79 Å². The molecule has 0 aliphatic carbocycles. The molecule has 1 saturated heterocycles. The number of aromatic nitrogens is 1. The first-order valence-electron chi connectivity index (χ1n) is 10.7. The van der Waals surface area contributed by atoms with Gasteiger partial charge in [-0.2, -0.15) is 13.2 Å². The van der Waals surface area contributed by atoms with E-state index in [1.54, 1.807) is 23.0 Å². The number of alkyl halides is 3. The number of furan rings is 1. The van der Waals surface area contributed by atoms with Crippen LogP contribution in [0.1, 0.15) is 40.0 Å². The molecule has 8 heteroatoms. The molecule has 1 amide bonds. The van der Waals surface area contributed by atoms with E-state index in [0.717, 1.165) is 37.3 Å². The Morgan fingerprint density at radius 1 is 1.12 bits per heavy atom. The maximum atomic E-state index is 13.2. The minimum Gasteiger partial charge on any atom is -0.464 e. The van der Waals surface area contributed by atoms with E-state index in [4.69, 9.17) is 4.42 Å². The van der Waals surface area contributed by atoms with E-state index in [1.165, 1.54) is 25.0 Å². The second-order valence-corrected chi connectivity index (χ2v) is 8.14. The summed E-state index contributed by atoms with van der Waals surface area (Å²) in [7, 11) is 0. The number of nitrogens with zero attached hydrogens (tertiary/aromatic N) is 2. The van der Waals surface area contributed by atoms with Crippen molar-refractivity contribution in [1.29, 1.82) is 0 Å². The van der Waals surface area contributed by atoms with Gasteiger partial charge in [-0.15, -0.1) is 0 Å². The molecule has 4 rings (SSSR count). The fourth-order valence-corrected chi connectivity index (χ4v) is 4.21. The normalized spacial score (nSPS) is 14.8. The van der Waals surface area contributed by atoms with E-state index in [9.17, 15) is 18.0 Å². The Bertz CT molecular complexity index is 1050. The van der Waals surface area contributed by atoms with Crippen LogP contribution in [0.2, 0.25) is 0 Å². The summed E-state index contributed by atoms with van der Waals surface area (Å²) >= 11 is 0. The maximum Gasteiger partial charge on any atom is 0.416 e. The Kier molecular flexibility index (Phi) is 6.41. The zero-order valence-corrected chi connectivity index (χ0v) is 17.9. The Balaban J connectivity index is 1.58. The van der Waals surface area contributed by atoms with Crippen molar-refractivity contribution < 1.29 is 22.4 Å². The molecule has 1 aliphatic rings. The molecule has 0 radical (unpaired) electrons. The van der Waals surface area contributed by atoms with Crippen LogP contribution in [0.4, 0.5) is 13.2 Å². The lowest BCUT2D eigenvalue weighted by Crippen LogP contribution is -2.34. The van der Waals surface area contributed by atoms with Crippen molar-refractivity contribution in [2.75, 3.05) is 26.2 Å². The third kappa shape index (κ3) is 4.91. The van der Waals surface area contributed by atoms with Crippen molar-refractivity contribution in [2.24, 2.45) is 0 Å². The molecule has 2 aromatic heterocycles. The van der Waals surface area contributed by atoms with Gasteiger partial charge in [0, 0.05) is 25.8 Å². The number of hydrogen-bond acceptors (Lipinski definition) is 3. The number of carbonyl (C=O) groups is 1. The molecular weight excluding hydrogens is 419 g/mol. The molecule has 5 nitrogen and oxygen atoms in total. The number of likely N-dealkylation sites (tertiary alicyclic amines) is 1. The highest BCUT2D eigenvalue weighted by Crippen LogP contribution is 2.32. The lowest BCUT2D eigenvalue weighted by atomic mass is 10.1. The lowest BCUT2D eigenvalue weighted by molar-refractivity contribution is -0.137. The summed E-state index contributed by atoms with van der Waals surface area (Å²) in [5, 5.41) is 3.00. The molecule has 32 heavy (non-hydrogen) atoms. The predicted molar refractivity (Wildman–Crippen MR) is 115 cm³/mol. The largest absolute Gasteiger partial charge is 0.464 e. The average molecular weight is 445 g/mol. The minimum atomic E-state index is -4.38. The number of aryl methyl sites for hydroxylation is 1. The third-order valence-electron chi connectivity index (χ3n) is 5.80. The number of carbonyl (C=O) groups excluding carboxylic acids is 1. The zero-order valence-electron chi connectivity index (χ0n) is 17.9. The van der Waals surface area contributed by atoms with Crippen LogP contribution < -0.4 is 5.32 Å². The highest BCUT2D eigenvalue weighted by atomic mass is 19.4. The topological polar surface area (TPSA) is 50.4 Å². The number of benzene rings is 1. The van der Waals surface area contributed by atoms with Gasteiger partial charge in [0.25, 0.3) is 5.91 Å². The molecule has 1 aliphatic heterocycles. The molecule has 0 unspecified atom stereocenters. The van der Waals surface area contributed by atoms with Crippen LogP contribution >= 0.6 is 0 Å². The molecular formula is C24H26F3N3O2. The van der Waals surface area contributed by atoms with Gasteiger partial charge in [-0.1, -0.05) is 12.1 Å². The first kappa shape index (κ1) is 22.2. The molecule has 1 fully saturated rings. The van der Waals surface area contributed by atoms with Gasteiger partial charge in [-0.25, -0.2) is 0 Å². The molecule has 170 valence electrons. The first-order chi connectivity index (χ1) is 15.3. The number of halogens is 3. The van der Waals surface area contributed by atoms with Gasteiger partial charge in [0.2, 0.25) is 0 Å². The van der Waals surface area contributed by atoms with Crippen LogP contribution in [0.5, 0.6) is 0 Å². The smallest absolute Gasteiger partial charge is 0.416 e. The summed E-state index contributed by atoms with van der Waals surface area (Å²) in [6.07, 6.45) is 1.38. The SMILES string of the molecule is Cc1cn(Cc2ccc(C(F)(F)F)cc2)c(C(=O)NCCN2CCCC2)c1-c1ccco1. The van der Waals surface area contributed by atoms with Crippen LogP contribution in [0, 0.1) is 6.92 Å². The molecule has 3 heterocycles. The van der Waals surface area contributed by atoms with E-state index in [0.29, 0.717) is 29.1 Å². The van der Waals surface area contributed by atoms with Crippen molar-refractivity contribution in [3.05, 3.63) is 71.2 Å².